The fraction of sp³-hybridized carbons (Fsp3) is 0.867. The van der Waals surface area contributed by atoms with E-state index in [0.717, 1.165) is 32.1 Å². The van der Waals surface area contributed by atoms with E-state index < -0.39 is 0 Å². The summed E-state index contributed by atoms with van der Waals surface area (Å²) in [7, 11) is 1.76. The number of aliphatic hydroxyl groups is 1. The fourth-order valence-electron chi connectivity index (χ4n) is 2.89. The molecule has 1 N–H and O–H groups in total. The highest BCUT2D eigenvalue weighted by Crippen LogP contribution is 2.35. The van der Waals surface area contributed by atoms with E-state index >= 15 is 0 Å². The normalized spacial score (nSPS) is 21.1. The molecule has 1 fully saturated rings. The monoisotopic (exact) mass is 240 g/mol. The van der Waals surface area contributed by atoms with Gasteiger partial charge in [-0.15, -0.1) is 6.58 Å². The highest BCUT2D eigenvalue weighted by atomic mass is 16.5. The number of allylic oxidation sites excluding steroid dienone is 1. The molecule has 0 aromatic carbocycles. The summed E-state index contributed by atoms with van der Waals surface area (Å²) in [5, 5.41) is 10.3. The second-order valence-electron chi connectivity index (χ2n) is 5.27. The summed E-state index contributed by atoms with van der Waals surface area (Å²) < 4.78 is 5.65. The van der Waals surface area contributed by atoms with Crippen molar-refractivity contribution in [3.05, 3.63) is 12.7 Å². The molecule has 1 aliphatic carbocycles. The Morgan fingerprint density at radius 2 is 1.94 bits per heavy atom. The predicted molar refractivity (Wildman–Crippen MR) is 72.1 cm³/mol. The largest absolute Gasteiger partial charge is 0.390 e. The molecule has 1 rings (SSSR count). The Hall–Kier alpha value is -0.340. The van der Waals surface area contributed by atoms with Gasteiger partial charge >= 0.3 is 0 Å². The van der Waals surface area contributed by atoms with Gasteiger partial charge in [-0.3, -0.25) is 0 Å². The molecule has 2 heteroatoms. The molecule has 1 unspecified atom stereocenters. The Bertz CT molecular complexity index is 207. The van der Waals surface area contributed by atoms with Crippen LogP contribution in [-0.4, -0.2) is 23.9 Å². The van der Waals surface area contributed by atoms with Gasteiger partial charge in [-0.1, -0.05) is 38.2 Å². The Kier molecular flexibility index (Phi) is 6.83. The van der Waals surface area contributed by atoms with Crippen LogP contribution in [0.25, 0.3) is 0 Å². The summed E-state index contributed by atoms with van der Waals surface area (Å²) in [6.45, 7) is 3.72. The molecule has 0 amide bonds. The van der Waals surface area contributed by atoms with Crippen LogP contribution in [0.5, 0.6) is 0 Å². The third kappa shape index (κ3) is 4.44. The topological polar surface area (TPSA) is 29.5 Å². The number of ether oxygens (including phenoxy) is 1. The predicted octanol–water partition coefficient (Wildman–Crippen LogP) is 3.83. The SMILES string of the molecule is C=CCCCCCC(O)C1(OC)CCCCC1. The van der Waals surface area contributed by atoms with Gasteiger partial charge in [0.2, 0.25) is 0 Å². The number of hydrogen-bond acceptors (Lipinski definition) is 2. The van der Waals surface area contributed by atoms with Crippen LogP contribution in [0.3, 0.4) is 0 Å². The van der Waals surface area contributed by atoms with Crippen molar-refractivity contribution in [1.29, 1.82) is 0 Å². The first kappa shape index (κ1) is 14.7. The van der Waals surface area contributed by atoms with Gasteiger partial charge in [0.05, 0.1) is 11.7 Å². The molecule has 0 heterocycles. The Morgan fingerprint density at radius 1 is 1.24 bits per heavy atom. The molecule has 0 spiro atoms. The summed E-state index contributed by atoms with van der Waals surface area (Å²) in [6.07, 6.45) is 12.9. The minimum atomic E-state index is -0.281. The van der Waals surface area contributed by atoms with Crippen LogP contribution in [0.4, 0.5) is 0 Å². The van der Waals surface area contributed by atoms with E-state index in [0.29, 0.717) is 0 Å². The van der Waals surface area contributed by atoms with Gasteiger partial charge < -0.3 is 9.84 Å². The molecule has 2 nitrogen and oxygen atoms in total. The Balaban J connectivity index is 2.28. The van der Waals surface area contributed by atoms with Gasteiger partial charge in [0, 0.05) is 7.11 Å². The molecule has 0 bridgehead atoms. The lowest BCUT2D eigenvalue weighted by Gasteiger charge is -2.40. The fourth-order valence-corrected chi connectivity index (χ4v) is 2.89. The summed E-state index contributed by atoms with van der Waals surface area (Å²) in [6, 6.07) is 0. The molecule has 0 aliphatic heterocycles. The maximum atomic E-state index is 10.3. The van der Waals surface area contributed by atoms with Gasteiger partial charge in [0.15, 0.2) is 0 Å². The van der Waals surface area contributed by atoms with Crippen LogP contribution in [-0.2, 0) is 4.74 Å². The lowest BCUT2D eigenvalue weighted by Crippen LogP contribution is -2.45. The minimum absolute atomic E-state index is 0.239. The van der Waals surface area contributed by atoms with Gasteiger partial charge in [0.25, 0.3) is 0 Å². The Labute approximate surface area is 106 Å². The molecule has 0 saturated heterocycles. The van der Waals surface area contributed by atoms with E-state index in [1.807, 2.05) is 6.08 Å². The van der Waals surface area contributed by atoms with Crippen molar-refractivity contribution in [2.75, 3.05) is 7.11 Å². The molecule has 100 valence electrons. The third-order valence-electron chi connectivity index (χ3n) is 4.10. The maximum Gasteiger partial charge on any atom is 0.0936 e. The third-order valence-corrected chi connectivity index (χ3v) is 4.10. The van der Waals surface area contributed by atoms with Crippen molar-refractivity contribution in [1.82, 2.24) is 0 Å². The number of rotatable bonds is 8. The van der Waals surface area contributed by atoms with E-state index in [4.69, 9.17) is 4.74 Å². The minimum Gasteiger partial charge on any atom is -0.390 e. The summed E-state index contributed by atoms with van der Waals surface area (Å²) >= 11 is 0. The number of hydrogen-bond donors (Lipinski definition) is 1. The van der Waals surface area contributed by atoms with Crippen LogP contribution in [0, 0.1) is 0 Å². The lowest BCUT2D eigenvalue weighted by molar-refractivity contribution is -0.125. The number of methoxy groups -OCH3 is 1. The van der Waals surface area contributed by atoms with Crippen LogP contribution < -0.4 is 0 Å². The summed E-state index contributed by atoms with van der Waals surface area (Å²) in [5.74, 6) is 0. The standard InChI is InChI=1S/C15H28O2/c1-3-4-5-6-8-11-14(16)15(17-2)12-9-7-10-13-15/h3,14,16H,1,4-13H2,2H3. The molecule has 0 aromatic heterocycles. The summed E-state index contributed by atoms with van der Waals surface area (Å²) in [5.41, 5.74) is -0.239. The zero-order valence-electron chi connectivity index (χ0n) is 11.3. The summed E-state index contributed by atoms with van der Waals surface area (Å²) in [4.78, 5) is 0. The van der Waals surface area contributed by atoms with Crippen molar-refractivity contribution in [3.8, 4) is 0 Å². The molecule has 0 aromatic rings. The Morgan fingerprint density at radius 3 is 2.53 bits per heavy atom. The van der Waals surface area contributed by atoms with E-state index in [-0.39, 0.29) is 11.7 Å². The lowest BCUT2D eigenvalue weighted by atomic mass is 9.79. The smallest absolute Gasteiger partial charge is 0.0936 e. The zero-order valence-corrected chi connectivity index (χ0v) is 11.3. The average Bonchev–Trinajstić information content (AvgIpc) is 2.39. The van der Waals surface area contributed by atoms with E-state index in [9.17, 15) is 5.11 Å². The first-order valence-electron chi connectivity index (χ1n) is 7.09. The zero-order chi connectivity index (χ0) is 12.6. The van der Waals surface area contributed by atoms with Crippen molar-refractivity contribution >= 4 is 0 Å². The quantitative estimate of drug-likeness (QED) is 0.516. The van der Waals surface area contributed by atoms with Crippen LogP contribution >= 0.6 is 0 Å². The van der Waals surface area contributed by atoms with Gasteiger partial charge in [0.1, 0.15) is 0 Å². The number of unbranched alkanes of at least 4 members (excludes halogenated alkanes) is 3. The number of aliphatic hydroxyl groups excluding tert-OH is 1. The molecule has 17 heavy (non-hydrogen) atoms. The first-order valence-corrected chi connectivity index (χ1v) is 7.09. The van der Waals surface area contributed by atoms with E-state index in [1.165, 1.54) is 32.1 Å². The second kappa shape index (κ2) is 7.88. The molecule has 1 aliphatic rings. The maximum absolute atomic E-state index is 10.3. The molecular formula is C15H28O2. The molecular weight excluding hydrogens is 212 g/mol. The van der Waals surface area contributed by atoms with Gasteiger partial charge in [-0.25, -0.2) is 0 Å². The molecule has 1 atom stereocenters. The highest BCUT2D eigenvalue weighted by Gasteiger charge is 2.38. The molecule has 0 radical (unpaired) electrons. The van der Waals surface area contributed by atoms with Crippen molar-refractivity contribution < 1.29 is 9.84 Å². The van der Waals surface area contributed by atoms with E-state index in [2.05, 4.69) is 6.58 Å². The van der Waals surface area contributed by atoms with Crippen molar-refractivity contribution in [2.45, 2.75) is 75.9 Å². The average molecular weight is 240 g/mol. The van der Waals surface area contributed by atoms with Gasteiger partial charge in [-0.05, 0) is 32.1 Å². The van der Waals surface area contributed by atoms with Crippen LogP contribution in [0.15, 0.2) is 12.7 Å². The first-order chi connectivity index (χ1) is 8.25. The van der Waals surface area contributed by atoms with Crippen molar-refractivity contribution in [3.63, 3.8) is 0 Å². The highest BCUT2D eigenvalue weighted by molar-refractivity contribution is 4.90. The van der Waals surface area contributed by atoms with E-state index in [1.54, 1.807) is 7.11 Å². The van der Waals surface area contributed by atoms with Crippen LogP contribution in [0.2, 0.25) is 0 Å². The second-order valence-corrected chi connectivity index (χ2v) is 5.27. The van der Waals surface area contributed by atoms with Crippen LogP contribution in [0.1, 0.15) is 64.2 Å². The molecule has 1 saturated carbocycles. The van der Waals surface area contributed by atoms with Crippen molar-refractivity contribution in [2.24, 2.45) is 0 Å². The van der Waals surface area contributed by atoms with Gasteiger partial charge in [-0.2, -0.15) is 0 Å².